The van der Waals surface area contributed by atoms with Crippen molar-refractivity contribution < 1.29 is 8.42 Å². The molecule has 100 valence electrons. The third kappa shape index (κ3) is 3.51. The molecule has 0 saturated carbocycles. The number of nitrogens with one attached hydrogen (secondary N) is 1. The van der Waals surface area contributed by atoms with Crippen LogP contribution in [0.2, 0.25) is 0 Å². The Balaban J connectivity index is 2.20. The predicted molar refractivity (Wildman–Crippen MR) is 73.3 cm³/mol. The molecule has 0 spiro atoms. The third-order valence-corrected chi connectivity index (χ3v) is 3.95. The zero-order chi connectivity index (χ0) is 13.7. The monoisotopic (exact) mass is 277 g/mol. The van der Waals surface area contributed by atoms with Crippen LogP contribution in [0.1, 0.15) is 18.9 Å². The van der Waals surface area contributed by atoms with E-state index < -0.39 is 10.0 Å². The first-order valence-electron chi connectivity index (χ1n) is 5.99. The molecule has 0 fully saturated rings. The van der Waals surface area contributed by atoms with E-state index in [1.165, 1.54) is 18.6 Å². The van der Waals surface area contributed by atoms with Gasteiger partial charge in [-0.05, 0) is 24.1 Å². The van der Waals surface area contributed by atoms with Gasteiger partial charge in [0.1, 0.15) is 0 Å². The number of nitrogens with zero attached hydrogens (tertiary/aromatic N) is 2. The lowest BCUT2D eigenvalue weighted by Crippen LogP contribution is -2.14. The van der Waals surface area contributed by atoms with Gasteiger partial charge in [0.05, 0.1) is 11.1 Å². The second-order valence-electron chi connectivity index (χ2n) is 4.09. The van der Waals surface area contributed by atoms with E-state index in [0.717, 1.165) is 18.4 Å². The molecule has 0 aliphatic rings. The summed E-state index contributed by atoms with van der Waals surface area (Å²) in [6.07, 6.45) is 6.25. The van der Waals surface area contributed by atoms with Crippen molar-refractivity contribution in [2.45, 2.75) is 24.7 Å². The Labute approximate surface area is 112 Å². The summed E-state index contributed by atoms with van der Waals surface area (Å²) in [5, 5.41) is 0. The van der Waals surface area contributed by atoms with Gasteiger partial charge in [0.15, 0.2) is 5.82 Å². The van der Waals surface area contributed by atoms with Gasteiger partial charge in [0, 0.05) is 12.4 Å². The van der Waals surface area contributed by atoms with Gasteiger partial charge in [-0.3, -0.25) is 9.71 Å². The van der Waals surface area contributed by atoms with Crippen LogP contribution in [0.5, 0.6) is 0 Å². The van der Waals surface area contributed by atoms with Crippen LogP contribution in [0.25, 0.3) is 0 Å². The highest BCUT2D eigenvalue weighted by Crippen LogP contribution is 2.15. The molecule has 19 heavy (non-hydrogen) atoms. The molecule has 0 amide bonds. The topological polar surface area (TPSA) is 72.0 Å². The zero-order valence-corrected chi connectivity index (χ0v) is 11.4. The number of hydrogen-bond donors (Lipinski definition) is 1. The second-order valence-corrected chi connectivity index (χ2v) is 5.77. The number of aromatic nitrogens is 2. The van der Waals surface area contributed by atoms with Gasteiger partial charge >= 0.3 is 0 Å². The lowest BCUT2D eigenvalue weighted by atomic mass is 10.1. The van der Waals surface area contributed by atoms with Crippen LogP contribution in [0.15, 0.2) is 47.8 Å². The predicted octanol–water partition coefficient (Wildman–Crippen LogP) is 2.23. The lowest BCUT2D eigenvalue weighted by Gasteiger charge is -2.07. The van der Waals surface area contributed by atoms with Gasteiger partial charge in [-0.2, -0.15) is 0 Å². The molecule has 0 atom stereocenters. The van der Waals surface area contributed by atoms with Crippen molar-refractivity contribution in [2.75, 3.05) is 4.72 Å². The molecule has 6 heteroatoms. The Hall–Kier alpha value is -1.95. The lowest BCUT2D eigenvalue weighted by molar-refractivity contribution is 0.601. The molecular weight excluding hydrogens is 262 g/mol. The standard InChI is InChI=1S/C13H15N3O2S/c1-2-3-11-4-6-12(7-5-11)19(17,18)16-13-10-14-8-9-15-13/h4-10H,2-3H2,1H3,(H,15,16). The number of aryl methyl sites for hydroxylation is 1. The van der Waals surface area contributed by atoms with E-state index in [9.17, 15) is 8.42 Å². The van der Waals surface area contributed by atoms with E-state index in [-0.39, 0.29) is 10.7 Å². The van der Waals surface area contributed by atoms with Crippen LogP contribution in [0.3, 0.4) is 0 Å². The molecule has 0 bridgehead atoms. The molecular formula is C13H15N3O2S. The van der Waals surface area contributed by atoms with Crippen molar-refractivity contribution in [3.05, 3.63) is 48.4 Å². The number of rotatable bonds is 5. The van der Waals surface area contributed by atoms with Crippen LogP contribution >= 0.6 is 0 Å². The molecule has 0 aliphatic heterocycles. The molecule has 2 aromatic rings. The van der Waals surface area contributed by atoms with Gasteiger partial charge < -0.3 is 0 Å². The van der Waals surface area contributed by atoms with Crippen LogP contribution < -0.4 is 4.72 Å². The third-order valence-electron chi connectivity index (χ3n) is 2.57. The fraction of sp³-hybridized carbons (Fsp3) is 0.231. The van der Waals surface area contributed by atoms with Crippen molar-refractivity contribution >= 4 is 15.8 Å². The smallest absolute Gasteiger partial charge is 0.262 e. The summed E-state index contributed by atoms with van der Waals surface area (Å²) in [5.74, 6) is 0.208. The van der Waals surface area contributed by atoms with E-state index in [4.69, 9.17) is 0 Å². The Morgan fingerprint density at radius 2 is 1.89 bits per heavy atom. The van der Waals surface area contributed by atoms with Gasteiger partial charge in [0.2, 0.25) is 0 Å². The molecule has 1 aromatic carbocycles. The van der Waals surface area contributed by atoms with E-state index in [0.29, 0.717) is 0 Å². The van der Waals surface area contributed by atoms with Gasteiger partial charge in [-0.1, -0.05) is 25.5 Å². The maximum absolute atomic E-state index is 12.1. The van der Waals surface area contributed by atoms with Crippen molar-refractivity contribution in [3.8, 4) is 0 Å². The molecule has 0 saturated heterocycles. The first-order chi connectivity index (χ1) is 9.12. The maximum atomic E-state index is 12.1. The molecule has 1 aromatic heterocycles. The minimum atomic E-state index is -3.60. The second kappa shape index (κ2) is 5.79. The average molecular weight is 277 g/mol. The summed E-state index contributed by atoms with van der Waals surface area (Å²) in [5.41, 5.74) is 1.13. The number of sulfonamides is 1. The van der Waals surface area contributed by atoms with Crippen molar-refractivity contribution in [2.24, 2.45) is 0 Å². The molecule has 1 N–H and O–H groups in total. The number of anilines is 1. The summed E-state index contributed by atoms with van der Waals surface area (Å²) < 4.78 is 26.6. The summed E-state index contributed by atoms with van der Waals surface area (Å²) in [6.45, 7) is 2.08. The van der Waals surface area contributed by atoms with Gasteiger partial charge in [0.25, 0.3) is 10.0 Å². The number of hydrogen-bond acceptors (Lipinski definition) is 4. The fourth-order valence-electron chi connectivity index (χ4n) is 1.67. The van der Waals surface area contributed by atoms with Gasteiger partial charge in [-0.25, -0.2) is 13.4 Å². The van der Waals surface area contributed by atoms with E-state index in [1.54, 1.807) is 12.1 Å². The molecule has 0 unspecified atom stereocenters. The summed E-state index contributed by atoms with van der Waals surface area (Å²) in [6, 6.07) is 6.86. The first-order valence-corrected chi connectivity index (χ1v) is 7.48. The van der Waals surface area contributed by atoms with Crippen LogP contribution in [0, 0.1) is 0 Å². The summed E-state index contributed by atoms with van der Waals surface area (Å²) in [7, 11) is -3.60. The highest BCUT2D eigenvalue weighted by atomic mass is 32.2. The van der Waals surface area contributed by atoms with E-state index in [1.807, 2.05) is 12.1 Å². The normalized spacial score (nSPS) is 11.2. The molecule has 0 aliphatic carbocycles. The van der Waals surface area contributed by atoms with E-state index >= 15 is 0 Å². The molecule has 1 heterocycles. The minimum Gasteiger partial charge on any atom is -0.262 e. The van der Waals surface area contributed by atoms with Crippen molar-refractivity contribution in [3.63, 3.8) is 0 Å². The Morgan fingerprint density at radius 3 is 2.47 bits per heavy atom. The first kappa shape index (κ1) is 13.5. The Bertz CT molecular complexity index is 625. The SMILES string of the molecule is CCCc1ccc(S(=O)(=O)Nc2cnccn2)cc1. The number of benzene rings is 1. The average Bonchev–Trinajstić information content (AvgIpc) is 2.40. The Kier molecular flexibility index (Phi) is 4.11. The van der Waals surface area contributed by atoms with Crippen LogP contribution in [0.4, 0.5) is 5.82 Å². The van der Waals surface area contributed by atoms with E-state index in [2.05, 4.69) is 21.6 Å². The molecule has 0 radical (unpaired) electrons. The highest BCUT2D eigenvalue weighted by molar-refractivity contribution is 7.92. The summed E-state index contributed by atoms with van der Waals surface area (Å²) in [4.78, 5) is 7.92. The molecule has 2 rings (SSSR count). The quantitative estimate of drug-likeness (QED) is 0.909. The maximum Gasteiger partial charge on any atom is 0.263 e. The van der Waals surface area contributed by atoms with Crippen molar-refractivity contribution in [1.29, 1.82) is 0 Å². The minimum absolute atomic E-state index is 0.208. The fourth-order valence-corrected chi connectivity index (χ4v) is 2.67. The van der Waals surface area contributed by atoms with Gasteiger partial charge in [-0.15, -0.1) is 0 Å². The Morgan fingerprint density at radius 1 is 1.16 bits per heavy atom. The largest absolute Gasteiger partial charge is 0.263 e. The summed E-state index contributed by atoms with van der Waals surface area (Å²) >= 11 is 0. The zero-order valence-electron chi connectivity index (χ0n) is 10.6. The van der Waals surface area contributed by atoms with Crippen LogP contribution in [-0.2, 0) is 16.4 Å². The highest BCUT2D eigenvalue weighted by Gasteiger charge is 2.14. The van der Waals surface area contributed by atoms with Crippen LogP contribution in [-0.4, -0.2) is 18.4 Å². The van der Waals surface area contributed by atoms with Crippen molar-refractivity contribution in [1.82, 2.24) is 9.97 Å². The molecule has 5 nitrogen and oxygen atoms in total.